The van der Waals surface area contributed by atoms with E-state index < -0.39 is 0 Å². The normalized spacial score (nSPS) is 27.9. The molecule has 0 saturated heterocycles. The quantitative estimate of drug-likeness (QED) is 0.846. The van der Waals surface area contributed by atoms with Crippen LogP contribution in [-0.4, -0.2) is 20.7 Å². The maximum absolute atomic E-state index is 13.9. The average molecular weight is 223 g/mol. The number of benzene rings is 1. The molecule has 1 aromatic carbocycles. The Morgan fingerprint density at radius 1 is 1.56 bits per heavy atom. The summed E-state index contributed by atoms with van der Waals surface area (Å²) in [7, 11) is 3.52. The Balaban J connectivity index is 2.34. The molecule has 1 N–H and O–H groups in total. The monoisotopic (exact) mass is 223 g/mol. The summed E-state index contributed by atoms with van der Waals surface area (Å²) in [6, 6.07) is 5.03. The fourth-order valence-electron chi connectivity index (χ4n) is 2.53. The van der Waals surface area contributed by atoms with Crippen LogP contribution in [0.1, 0.15) is 18.9 Å². The zero-order chi connectivity index (χ0) is 11.8. The van der Waals surface area contributed by atoms with Gasteiger partial charge in [-0.05, 0) is 38.1 Å². The van der Waals surface area contributed by atoms with Crippen molar-refractivity contribution in [1.29, 1.82) is 0 Å². The standard InChI is InChI=1S/C13H18FNO/c1-13(7-9(13)8-15-2)12-10(14)5-4-6-11(12)16-3/h4-6,9,15H,7-8H2,1-3H3. The van der Waals surface area contributed by atoms with E-state index in [-0.39, 0.29) is 11.2 Å². The molecule has 1 aromatic rings. The molecular weight excluding hydrogens is 205 g/mol. The molecule has 1 saturated carbocycles. The smallest absolute Gasteiger partial charge is 0.130 e. The minimum atomic E-state index is -0.152. The van der Waals surface area contributed by atoms with Gasteiger partial charge in [-0.2, -0.15) is 0 Å². The summed E-state index contributed by atoms with van der Waals surface area (Å²) >= 11 is 0. The summed E-state index contributed by atoms with van der Waals surface area (Å²) in [6.07, 6.45) is 1.02. The van der Waals surface area contributed by atoms with E-state index in [2.05, 4.69) is 12.2 Å². The van der Waals surface area contributed by atoms with E-state index in [4.69, 9.17) is 4.74 Å². The molecule has 2 unspecified atom stereocenters. The Morgan fingerprint density at radius 2 is 2.31 bits per heavy atom. The topological polar surface area (TPSA) is 21.3 Å². The summed E-state index contributed by atoms with van der Waals surface area (Å²) < 4.78 is 19.1. The average Bonchev–Trinajstić information content (AvgIpc) is 2.90. The Morgan fingerprint density at radius 3 is 2.94 bits per heavy atom. The first-order valence-corrected chi connectivity index (χ1v) is 5.61. The van der Waals surface area contributed by atoms with Gasteiger partial charge in [0.25, 0.3) is 0 Å². The van der Waals surface area contributed by atoms with Gasteiger partial charge in [0.1, 0.15) is 11.6 Å². The third kappa shape index (κ3) is 1.69. The van der Waals surface area contributed by atoms with Crippen molar-refractivity contribution in [2.45, 2.75) is 18.8 Å². The number of rotatable bonds is 4. The van der Waals surface area contributed by atoms with Crippen LogP contribution >= 0.6 is 0 Å². The van der Waals surface area contributed by atoms with Gasteiger partial charge in [-0.1, -0.05) is 13.0 Å². The molecule has 2 rings (SSSR count). The van der Waals surface area contributed by atoms with E-state index in [9.17, 15) is 4.39 Å². The first-order chi connectivity index (χ1) is 7.63. The van der Waals surface area contributed by atoms with Gasteiger partial charge in [0, 0.05) is 11.0 Å². The Hall–Kier alpha value is -1.09. The highest BCUT2D eigenvalue weighted by molar-refractivity contribution is 5.45. The molecule has 0 radical (unpaired) electrons. The van der Waals surface area contributed by atoms with Crippen molar-refractivity contribution >= 4 is 0 Å². The third-order valence-electron chi connectivity index (χ3n) is 3.63. The summed E-state index contributed by atoms with van der Waals surface area (Å²) in [6.45, 7) is 3.03. The highest BCUT2D eigenvalue weighted by Crippen LogP contribution is 2.56. The number of nitrogens with one attached hydrogen (secondary N) is 1. The lowest BCUT2D eigenvalue weighted by molar-refractivity contribution is 0.395. The van der Waals surface area contributed by atoms with Crippen molar-refractivity contribution in [1.82, 2.24) is 5.32 Å². The molecule has 0 spiro atoms. The highest BCUT2D eigenvalue weighted by Gasteiger charge is 2.53. The Kier molecular flexibility index (Phi) is 2.89. The van der Waals surface area contributed by atoms with E-state index in [1.807, 2.05) is 13.1 Å². The Labute approximate surface area is 95.8 Å². The van der Waals surface area contributed by atoms with Gasteiger partial charge in [0.05, 0.1) is 7.11 Å². The van der Waals surface area contributed by atoms with Crippen molar-refractivity contribution in [3.8, 4) is 5.75 Å². The molecule has 0 aliphatic heterocycles. The van der Waals surface area contributed by atoms with E-state index in [0.717, 1.165) is 18.5 Å². The van der Waals surface area contributed by atoms with Crippen LogP contribution in [0, 0.1) is 11.7 Å². The van der Waals surface area contributed by atoms with Crippen molar-refractivity contribution in [2.75, 3.05) is 20.7 Å². The van der Waals surface area contributed by atoms with Crippen molar-refractivity contribution in [3.63, 3.8) is 0 Å². The van der Waals surface area contributed by atoms with Crippen molar-refractivity contribution < 1.29 is 9.13 Å². The minimum absolute atomic E-state index is 0.0697. The molecule has 16 heavy (non-hydrogen) atoms. The van der Waals surface area contributed by atoms with Gasteiger partial charge in [-0.3, -0.25) is 0 Å². The summed E-state index contributed by atoms with van der Waals surface area (Å²) in [5.74, 6) is 1.02. The molecule has 1 aliphatic rings. The first-order valence-electron chi connectivity index (χ1n) is 5.61. The summed E-state index contributed by atoms with van der Waals surface area (Å²) in [4.78, 5) is 0. The molecule has 0 bridgehead atoms. The van der Waals surface area contributed by atoms with Gasteiger partial charge in [0.2, 0.25) is 0 Å². The minimum Gasteiger partial charge on any atom is -0.496 e. The van der Waals surface area contributed by atoms with Gasteiger partial charge < -0.3 is 10.1 Å². The number of hydrogen-bond acceptors (Lipinski definition) is 2. The van der Waals surface area contributed by atoms with Gasteiger partial charge in [-0.15, -0.1) is 0 Å². The van der Waals surface area contributed by atoms with Crippen LogP contribution < -0.4 is 10.1 Å². The molecule has 3 heteroatoms. The van der Waals surface area contributed by atoms with E-state index in [1.165, 1.54) is 6.07 Å². The zero-order valence-corrected chi connectivity index (χ0v) is 10.0. The highest BCUT2D eigenvalue weighted by atomic mass is 19.1. The van der Waals surface area contributed by atoms with E-state index in [0.29, 0.717) is 11.7 Å². The second kappa shape index (κ2) is 4.06. The van der Waals surface area contributed by atoms with E-state index in [1.54, 1.807) is 13.2 Å². The number of hydrogen-bond donors (Lipinski definition) is 1. The number of halogens is 1. The second-order valence-electron chi connectivity index (χ2n) is 4.69. The zero-order valence-electron chi connectivity index (χ0n) is 10.0. The molecular formula is C13H18FNO. The predicted octanol–water partition coefficient (Wildman–Crippen LogP) is 2.33. The lowest BCUT2D eigenvalue weighted by Gasteiger charge is -2.16. The molecule has 88 valence electrons. The van der Waals surface area contributed by atoms with Gasteiger partial charge >= 0.3 is 0 Å². The molecule has 0 amide bonds. The van der Waals surface area contributed by atoms with Crippen LogP contribution in [0.15, 0.2) is 18.2 Å². The molecule has 2 nitrogen and oxygen atoms in total. The molecule has 0 heterocycles. The molecule has 1 aliphatic carbocycles. The Bertz CT molecular complexity index is 394. The summed E-state index contributed by atoms with van der Waals surface area (Å²) in [5, 5.41) is 3.15. The van der Waals surface area contributed by atoms with E-state index >= 15 is 0 Å². The molecule has 0 aromatic heterocycles. The van der Waals surface area contributed by atoms with Crippen LogP contribution in [-0.2, 0) is 5.41 Å². The maximum Gasteiger partial charge on any atom is 0.130 e. The molecule has 1 fully saturated rings. The van der Waals surface area contributed by atoms with Crippen molar-refractivity contribution in [2.24, 2.45) is 5.92 Å². The second-order valence-corrected chi connectivity index (χ2v) is 4.69. The third-order valence-corrected chi connectivity index (χ3v) is 3.63. The largest absolute Gasteiger partial charge is 0.496 e. The van der Waals surface area contributed by atoms with Crippen LogP contribution in [0.4, 0.5) is 4.39 Å². The van der Waals surface area contributed by atoms with Crippen LogP contribution in [0.5, 0.6) is 5.75 Å². The maximum atomic E-state index is 13.9. The van der Waals surface area contributed by atoms with Gasteiger partial charge in [-0.25, -0.2) is 4.39 Å². The first kappa shape index (κ1) is 11.4. The lowest BCUT2D eigenvalue weighted by atomic mass is 9.94. The lowest BCUT2D eigenvalue weighted by Crippen LogP contribution is -2.17. The fourth-order valence-corrected chi connectivity index (χ4v) is 2.53. The van der Waals surface area contributed by atoms with Crippen LogP contribution in [0.2, 0.25) is 0 Å². The number of ether oxygens (including phenoxy) is 1. The fraction of sp³-hybridized carbons (Fsp3) is 0.538. The van der Waals surface area contributed by atoms with Crippen LogP contribution in [0.3, 0.4) is 0 Å². The van der Waals surface area contributed by atoms with Crippen LogP contribution in [0.25, 0.3) is 0 Å². The summed E-state index contributed by atoms with van der Waals surface area (Å²) in [5.41, 5.74) is 0.664. The van der Waals surface area contributed by atoms with Crippen molar-refractivity contribution in [3.05, 3.63) is 29.6 Å². The molecule has 2 atom stereocenters. The SMILES string of the molecule is CNCC1CC1(C)c1c(F)cccc1OC. The van der Waals surface area contributed by atoms with Gasteiger partial charge in [0.15, 0.2) is 0 Å². The predicted molar refractivity (Wildman–Crippen MR) is 62.3 cm³/mol. The number of methoxy groups -OCH3 is 1.